The number of nitrogens with zero attached hydrogens (tertiary/aromatic N) is 2. The zero-order chi connectivity index (χ0) is 24.1. The van der Waals surface area contributed by atoms with E-state index in [1.54, 1.807) is 31.2 Å². The lowest BCUT2D eigenvalue weighted by Crippen LogP contribution is -2.50. The summed E-state index contributed by atoms with van der Waals surface area (Å²) in [4.78, 5) is 26.9. The molecule has 2 aromatic carbocycles. The maximum Gasteiger partial charge on any atom is 0.244 e. The fourth-order valence-corrected chi connectivity index (χ4v) is 4.22. The monoisotopic (exact) mass is 501 g/mol. The highest BCUT2D eigenvalue weighted by molar-refractivity contribution is 7.92. The average Bonchev–Trinajstić information content (AvgIpc) is 2.75. The Morgan fingerprint density at radius 2 is 1.75 bits per heavy atom. The number of anilines is 1. The van der Waals surface area contributed by atoms with E-state index in [0.29, 0.717) is 10.8 Å². The molecule has 0 radical (unpaired) electrons. The van der Waals surface area contributed by atoms with E-state index in [-0.39, 0.29) is 23.2 Å². The topological polar surface area (TPSA) is 96.0 Å². The third-order valence-electron chi connectivity index (χ3n) is 4.78. The van der Waals surface area contributed by atoms with Gasteiger partial charge in [0.15, 0.2) is 0 Å². The van der Waals surface area contributed by atoms with Gasteiger partial charge >= 0.3 is 0 Å². The molecule has 2 amide bonds. The normalized spacial score (nSPS) is 12.1. The lowest BCUT2D eigenvalue weighted by atomic mass is 10.1. The minimum atomic E-state index is -3.84. The van der Waals surface area contributed by atoms with Crippen LogP contribution in [-0.2, 0) is 26.2 Å². The van der Waals surface area contributed by atoms with Gasteiger partial charge in [-0.2, -0.15) is 0 Å². The number of hydrogen-bond acceptors (Lipinski definition) is 5. The molecule has 0 heterocycles. The number of sulfonamides is 1. The molecule has 8 nitrogen and oxygen atoms in total. The van der Waals surface area contributed by atoms with E-state index in [0.717, 1.165) is 16.1 Å². The van der Waals surface area contributed by atoms with Gasteiger partial charge < -0.3 is 15.0 Å². The first-order valence-electron chi connectivity index (χ1n) is 9.54. The van der Waals surface area contributed by atoms with Crippen LogP contribution < -0.4 is 14.4 Å². The first-order valence-corrected chi connectivity index (χ1v) is 12.1. The molecule has 0 saturated heterocycles. The molecule has 0 aromatic heterocycles. The third kappa shape index (κ3) is 6.51. The summed E-state index contributed by atoms with van der Waals surface area (Å²) in [6.45, 7) is 1.14. The first-order chi connectivity index (χ1) is 15.0. The van der Waals surface area contributed by atoms with E-state index in [4.69, 9.17) is 27.9 Å². The summed E-state index contributed by atoms with van der Waals surface area (Å²) in [6, 6.07) is 10.4. The van der Waals surface area contributed by atoms with E-state index in [9.17, 15) is 18.0 Å². The van der Waals surface area contributed by atoms with E-state index in [1.807, 2.05) is 0 Å². The van der Waals surface area contributed by atoms with Crippen molar-refractivity contribution in [1.82, 2.24) is 10.2 Å². The van der Waals surface area contributed by atoms with Gasteiger partial charge in [0, 0.05) is 18.6 Å². The van der Waals surface area contributed by atoms with Gasteiger partial charge in [0.05, 0.1) is 24.1 Å². The molecule has 0 unspecified atom stereocenters. The molecule has 32 heavy (non-hydrogen) atoms. The highest BCUT2D eigenvalue weighted by Crippen LogP contribution is 2.30. The van der Waals surface area contributed by atoms with Gasteiger partial charge in [0.1, 0.15) is 18.3 Å². The summed E-state index contributed by atoms with van der Waals surface area (Å²) in [5.74, 6) is -0.577. The highest BCUT2D eigenvalue weighted by atomic mass is 35.5. The maximum absolute atomic E-state index is 13.3. The van der Waals surface area contributed by atoms with Crippen molar-refractivity contribution in [2.45, 2.75) is 19.5 Å². The summed E-state index contributed by atoms with van der Waals surface area (Å²) in [5, 5.41) is 3.24. The van der Waals surface area contributed by atoms with Crippen LogP contribution in [0.15, 0.2) is 42.5 Å². The molecular weight excluding hydrogens is 477 g/mol. The first kappa shape index (κ1) is 25.8. The number of halogens is 2. The van der Waals surface area contributed by atoms with E-state index < -0.39 is 28.5 Å². The number of benzene rings is 2. The summed E-state index contributed by atoms with van der Waals surface area (Å²) in [5.41, 5.74) is 0.933. The number of carbonyl (C=O) groups excluding carboxylic acids is 2. The Morgan fingerprint density at radius 3 is 2.25 bits per heavy atom. The average molecular weight is 502 g/mol. The molecule has 0 aliphatic heterocycles. The van der Waals surface area contributed by atoms with Gasteiger partial charge in [-0.1, -0.05) is 35.3 Å². The molecule has 2 aromatic rings. The number of amides is 2. The van der Waals surface area contributed by atoms with Crippen molar-refractivity contribution in [2.75, 3.05) is 31.3 Å². The van der Waals surface area contributed by atoms with Gasteiger partial charge in [0.2, 0.25) is 21.8 Å². The highest BCUT2D eigenvalue weighted by Gasteiger charge is 2.30. The largest absolute Gasteiger partial charge is 0.495 e. The van der Waals surface area contributed by atoms with Crippen molar-refractivity contribution in [1.29, 1.82) is 0 Å². The Labute approximate surface area is 198 Å². The van der Waals surface area contributed by atoms with E-state index >= 15 is 0 Å². The van der Waals surface area contributed by atoms with Gasteiger partial charge in [-0.25, -0.2) is 8.42 Å². The molecule has 0 bridgehead atoms. The minimum absolute atomic E-state index is 0.0888. The minimum Gasteiger partial charge on any atom is -0.495 e. The molecular formula is C21H25Cl2N3O5S. The van der Waals surface area contributed by atoms with Gasteiger partial charge in [0.25, 0.3) is 0 Å². The second kappa shape index (κ2) is 10.9. The van der Waals surface area contributed by atoms with Gasteiger partial charge in [-0.15, -0.1) is 0 Å². The Balaban J connectivity index is 2.39. The molecule has 0 aliphatic carbocycles. The van der Waals surface area contributed by atoms with E-state index in [1.165, 1.54) is 37.3 Å². The fraction of sp³-hybridized carbons (Fsp3) is 0.333. The Morgan fingerprint density at radius 1 is 1.12 bits per heavy atom. The van der Waals surface area contributed by atoms with Crippen LogP contribution in [0.5, 0.6) is 5.75 Å². The van der Waals surface area contributed by atoms with Crippen LogP contribution in [-0.4, -0.2) is 58.1 Å². The number of methoxy groups -OCH3 is 1. The summed E-state index contributed by atoms with van der Waals surface area (Å²) in [6.07, 6.45) is 0.990. The molecule has 0 saturated carbocycles. The summed E-state index contributed by atoms with van der Waals surface area (Å²) < 4.78 is 31.0. The number of hydrogen-bond donors (Lipinski definition) is 1. The number of nitrogens with one attached hydrogen (secondary N) is 1. The van der Waals surface area contributed by atoms with Crippen LogP contribution in [0.4, 0.5) is 5.69 Å². The number of carbonyl (C=O) groups is 2. The van der Waals surface area contributed by atoms with Crippen LogP contribution in [0, 0.1) is 0 Å². The van der Waals surface area contributed by atoms with Crippen LogP contribution in [0.3, 0.4) is 0 Å². The standard InChI is InChI=1S/C21H25Cl2N3O5S/c1-14(21(28)24-2)25(12-15-5-7-16(22)8-6-15)20(27)13-26(32(4,29)30)17-9-10-19(31-3)18(23)11-17/h5-11,14H,12-13H2,1-4H3,(H,24,28)/t14-/m0/s1. The Hall–Kier alpha value is -2.49. The molecule has 0 spiro atoms. The molecule has 1 atom stereocenters. The van der Waals surface area contributed by atoms with Crippen LogP contribution in [0.1, 0.15) is 12.5 Å². The molecule has 0 fully saturated rings. The SMILES string of the molecule is CNC(=O)[C@H](C)N(Cc1ccc(Cl)cc1)C(=O)CN(c1ccc(OC)c(Cl)c1)S(C)(=O)=O. The molecule has 174 valence electrons. The van der Waals surface area contributed by atoms with Crippen LogP contribution in [0.2, 0.25) is 10.0 Å². The molecule has 2 rings (SSSR count). The van der Waals surface area contributed by atoms with Crippen molar-refractivity contribution in [2.24, 2.45) is 0 Å². The van der Waals surface area contributed by atoms with Gasteiger partial charge in [-0.3, -0.25) is 13.9 Å². The number of ether oxygens (including phenoxy) is 1. The lowest BCUT2D eigenvalue weighted by Gasteiger charge is -2.31. The Bertz CT molecular complexity index is 1080. The summed E-state index contributed by atoms with van der Waals surface area (Å²) in [7, 11) is -0.942. The van der Waals surface area contributed by atoms with Crippen molar-refractivity contribution in [3.8, 4) is 5.75 Å². The zero-order valence-corrected chi connectivity index (χ0v) is 20.5. The van der Waals surface area contributed by atoms with Crippen LogP contribution >= 0.6 is 23.2 Å². The summed E-state index contributed by atoms with van der Waals surface area (Å²) >= 11 is 12.1. The lowest BCUT2D eigenvalue weighted by molar-refractivity contribution is -0.139. The molecule has 11 heteroatoms. The molecule has 0 aliphatic rings. The maximum atomic E-state index is 13.3. The van der Waals surface area contributed by atoms with E-state index in [2.05, 4.69) is 5.32 Å². The second-order valence-electron chi connectivity index (χ2n) is 7.03. The molecule has 1 N–H and O–H groups in total. The number of rotatable bonds is 9. The second-order valence-corrected chi connectivity index (χ2v) is 9.78. The van der Waals surface area contributed by atoms with Crippen LogP contribution in [0.25, 0.3) is 0 Å². The van der Waals surface area contributed by atoms with Crippen molar-refractivity contribution in [3.63, 3.8) is 0 Å². The van der Waals surface area contributed by atoms with Crippen molar-refractivity contribution < 1.29 is 22.7 Å². The zero-order valence-electron chi connectivity index (χ0n) is 18.1. The Kier molecular flexibility index (Phi) is 8.77. The van der Waals surface area contributed by atoms with Crippen molar-refractivity contribution >= 4 is 50.7 Å². The fourth-order valence-electron chi connectivity index (χ4n) is 3.00. The predicted molar refractivity (Wildman–Crippen MR) is 126 cm³/mol. The smallest absolute Gasteiger partial charge is 0.244 e. The van der Waals surface area contributed by atoms with Crippen molar-refractivity contribution in [3.05, 3.63) is 58.1 Å². The quantitative estimate of drug-likeness (QED) is 0.569. The number of likely N-dealkylation sites (N-methyl/N-ethyl adjacent to an activating group) is 1. The predicted octanol–water partition coefficient (Wildman–Crippen LogP) is 2.93. The third-order valence-corrected chi connectivity index (χ3v) is 6.47. The van der Waals surface area contributed by atoms with Gasteiger partial charge in [-0.05, 0) is 42.8 Å².